The fraction of sp³-hybridized carbons (Fsp3) is 0.579. The lowest BCUT2D eigenvalue weighted by Gasteiger charge is -2.34. The molecular weight excluding hydrogens is 391 g/mol. The summed E-state index contributed by atoms with van der Waals surface area (Å²) in [5.41, 5.74) is -1.26. The summed E-state index contributed by atoms with van der Waals surface area (Å²) in [4.78, 5) is 20.1. The molecule has 28 heavy (non-hydrogen) atoms. The maximum absolute atomic E-state index is 13.0. The van der Waals surface area contributed by atoms with Crippen molar-refractivity contribution < 1.29 is 22.7 Å². The molecular formula is C19H28F3N3O2S. The Labute approximate surface area is 169 Å². The van der Waals surface area contributed by atoms with Crippen LogP contribution in [0.15, 0.2) is 39.9 Å². The minimum atomic E-state index is -4.41. The zero-order chi connectivity index (χ0) is 21.4. The molecule has 1 aliphatic rings. The molecule has 0 N–H and O–H groups in total. The van der Waals surface area contributed by atoms with Crippen molar-refractivity contribution >= 4 is 24.2 Å². The molecule has 0 aliphatic carbocycles. The Morgan fingerprint density at radius 3 is 2.25 bits per heavy atom. The van der Waals surface area contributed by atoms with Crippen molar-refractivity contribution in [3.63, 3.8) is 0 Å². The van der Waals surface area contributed by atoms with Crippen molar-refractivity contribution in [1.29, 1.82) is 0 Å². The SMILES string of the molecule is CS/C(C)=C/C(=C\C=C\N=CN1CCN(C(=O)OC(C)(C)C)CC1)C(F)(F)F. The van der Waals surface area contributed by atoms with E-state index in [0.29, 0.717) is 31.1 Å². The number of halogens is 3. The van der Waals surface area contributed by atoms with Crippen LogP contribution in [-0.2, 0) is 4.74 Å². The summed E-state index contributed by atoms with van der Waals surface area (Å²) in [5.74, 6) is 0. The molecule has 1 heterocycles. The number of ether oxygens (including phenoxy) is 1. The Morgan fingerprint density at radius 2 is 1.75 bits per heavy atom. The zero-order valence-corrected chi connectivity index (χ0v) is 17.7. The Morgan fingerprint density at radius 1 is 1.14 bits per heavy atom. The number of piperazine rings is 1. The molecule has 9 heteroatoms. The lowest BCUT2D eigenvalue weighted by Crippen LogP contribution is -2.49. The van der Waals surface area contributed by atoms with E-state index in [1.165, 1.54) is 24.0 Å². The van der Waals surface area contributed by atoms with Crippen molar-refractivity contribution in [2.45, 2.75) is 39.5 Å². The summed E-state index contributed by atoms with van der Waals surface area (Å²) in [6, 6.07) is 0. The van der Waals surface area contributed by atoms with E-state index in [1.54, 1.807) is 24.4 Å². The van der Waals surface area contributed by atoms with Crippen LogP contribution >= 0.6 is 11.8 Å². The second-order valence-electron chi connectivity index (χ2n) is 7.19. The third-order valence-corrected chi connectivity index (χ3v) is 4.41. The number of aliphatic imine (C=N–C) groups is 1. The molecule has 0 aromatic heterocycles. The minimum absolute atomic E-state index is 0.345. The Kier molecular flexibility index (Phi) is 9.13. The van der Waals surface area contributed by atoms with Crippen molar-refractivity contribution in [2.24, 2.45) is 4.99 Å². The summed E-state index contributed by atoms with van der Waals surface area (Å²) in [5, 5.41) is 0. The van der Waals surface area contributed by atoms with Crippen LogP contribution in [0.4, 0.5) is 18.0 Å². The number of allylic oxidation sites excluding steroid dienone is 5. The summed E-state index contributed by atoms with van der Waals surface area (Å²) in [6.07, 6.45) is 3.21. The van der Waals surface area contributed by atoms with Gasteiger partial charge < -0.3 is 14.5 Å². The summed E-state index contributed by atoms with van der Waals surface area (Å²) < 4.78 is 44.3. The number of alkyl halides is 3. The van der Waals surface area contributed by atoms with Gasteiger partial charge in [0.05, 0.1) is 11.9 Å². The van der Waals surface area contributed by atoms with Gasteiger partial charge in [0.2, 0.25) is 0 Å². The molecule has 1 rings (SSSR count). The van der Waals surface area contributed by atoms with E-state index in [9.17, 15) is 18.0 Å². The molecule has 0 saturated carbocycles. The molecule has 0 radical (unpaired) electrons. The number of rotatable bonds is 5. The molecule has 0 unspecified atom stereocenters. The highest BCUT2D eigenvalue weighted by Gasteiger charge is 2.31. The lowest BCUT2D eigenvalue weighted by atomic mass is 10.2. The molecule has 158 valence electrons. The Bertz CT molecular complexity index is 642. The summed E-state index contributed by atoms with van der Waals surface area (Å²) >= 11 is 1.26. The first kappa shape index (κ1) is 24.1. The first-order valence-electron chi connectivity index (χ1n) is 8.84. The van der Waals surface area contributed by atoms with Crippen molar-refractivity contribution in [3.8, 4) is 0 Å². The second kappa shape index (κ2) is 10.6. The normalized spacial score (nSPS) is 17.7. The quantitative estimate of drug-likeness (QED) is 0.364. The van der Waals surface area contributed by atoms with Gasteiger partial charge in [0.15, 0.2) is 0 Å². The molecule has 0 aromatic rings. The first-order chi connectivity index (χ1) is 12.9. The van der Waals surface area contributed by atoms with Crippen molar-refractivity contribution in [3.05, 3.63) is 34.9 Å². The molecule has 0 spiro atoms. The van der Waals surface area contributed by atoms with E-state index >= 15 is 0 Å². The molecule has 1 amide bonds. The zero-order valence-electron chi connectivity index (χ0n) is 16.9. The van der Waals surface area contributed by atoms with Gasteiger partial charge in [0, 0.05) is 32.4 Å². The van der Waals surface area contributed by atoms with Gasteiger partial charge in [-0.25, -0.2) is 9.79 Å². The van der Waals surface area contributed by atoms with E-state index < -0.39 is 17.4 Å². The molecule has 1 saturated heterocycles. The predicted molar refractivity (Wildman–Crippen MR) is 108 cm³/mol. The average molecular weight is 420 g/mol. The number of amides is 1. The van der Waals surface area contributed by atoms with Gasteiger partial charge in [-0.3, -0.25) is 0 Å². The predicted octanol–water partition coefficient (Wildman–Crippen LogP) is 4.84. The van der Waals surface area contributed by atoms with Crippen molar-refractivity contribution in [1.82, 2.24) is 9.80 Å². The maximum atomic E-state index is 13.0. The summed E-state index contributed by atoms with van der Waals surface area (Å²) in [6.45, 7) is 9.24. The van der Waals surface area contributed by atoms with E-state index in [4.69, 9.17) is 4.74 Å². The number of hydrogen-bond acceptors (Lipinski definition) is 4. The highest BCUT2D eigenvalue weighted by molar-refractivity contribution is 8.02. The second-order valence-corrected chi connectivity index (χ2v) is 8.24. The van der Waals surface area contributed by atoms with Crippen molar-refractivity contribution in [2.75, 3.05) is 32.4 Å². The monoisotopic (exact) mass is 419 g/mol. The highest BCUT2D eigenvalue weighted by Crippen LogP contribution is 2.29. The third kappa shape index (κ3) is 9.34. The van der Waals surface area contributed by atoms with Crippen LogP contribution < -0.4 is 0 Å². The van der Waals surface area contributed by atoms with E-state index in [-0.39, 0.29) is 6.09 Å². The van der Waals surface area contributed by atoms with Crippen LogP contribution in [0.5, 0.6) is 0 Å². The fourth-order valence-electron chi connectivity index (χ4n) is 2.18. The molecule has 0 bridgehead atoms. The standard InChI is InChI=1S/C19H28F3N3O2S/c1-15(28-5)13-16(19(20,21)22)7-6-8-23-14-24-9-11-25(12-10-24)17(26)27-18(2,3)4/h6-8,13-14H,9-12H2,1-5H3/b8-6+,15-13+,16-7+,23-14?. The largest absolute Gasteiger partial charge is 0.444 e. The molecule has 5 nitrogen and oxygen atoms in total. The van der Waals surface area contributed by atoms with Crippen LogP contribution in [-0.4, -0.2) is 66.4 Å². The van der Waals surface area contributed by atoms with Crippen LogP contribution in [0.25, 0.3) is 0 Å². The van der Waals surface area contributed by atoms with Gasteiger partial charge in [0.1, 0.15) is 5.60 Å². The Balaban J connectivity index is 2.56. The number of thioether (sulfide) groups is 1. The highest BCUT2D eigenvalue weighted by atomic mass is 32.2. The molecule has 1 aliphatic heterocycles. The maximum Gasteiger partial charge on any atom is 0.416 e. The van der Waals surface area contributed by atoms with E-state index in [0.717, 1.165) is 12.2 Å². The first-order valence-corrected chi connectivity index (χ1v) is 10.1. The summed E-state index contributed by atoms with van der Waals surface area (Å²) in [7, 11) is 0. The van der Waals surface area contributed by atoms with Gasteiger partial charge >= 0.3 is 12.3 Å². The lowest BCUT2D eigenvalue weighted by molar-refractivity contribution is -0.0882. The van der Waals surface area contributed by atoms with Gasteiger partial charge in [-0.05, 0) is 57.1 Å². The van der Waals surface area contributed by atoms with E-state index in [1.807, 2.05) is 25.7 Å². The van der Waals surface area contributed by atoms with Crippen LogP contribution in [0.1, 0.15) is 27.7 Å². The molecule has 0 aromatic carbocycles. The van der Waals surface area contributed by atoms with Gasteiger partial charge in [-0.15, -0.1) is 11.8 Å². The molecule has 0 atom stereocenters. The number of carbonyl (C=O) groups excluding carboxylic acids is 1. The van der Waals surface area contributed by atoms with E-state index in [2.05, 4.69) is 4.99 Å². The van der Waals surface area contributed by atoms with Crippen LogP contribution in [0.2, 0.25) is 0 Å². The van der Waals surface area contributed by atoms with Crippen LogP contribution in [0.3, 0.4) is 0 Å². The van der Waals surface area contributed by atoms with Gasteiger partial charge in [-0.1, -0.05) is 0 Å². The van der Waals surface area contributed by atoms with Gasteiger partial charge in [-0.2, -0.15) is 13.2 Å². The van der Waals surface area contributed by atoms with Gasteiger partial charge in [0.25, 0.3) is 0 Å². The number of nitrogens with zero attached hydrogens (tertiary/aromatic N) is 3. The Hall–Kier alpha value is -1.90. The fourth-order valence-corrected chi connectivity index (χ4v) is 2.42. The number of hydrogen-bond donors (Lipinski definition) is 0. The topological polar surface area (TPSA) is 45.1 Å². The average Bonchev–Trinajstić information content (AvgIpc) is 2.58. The number of carbonyl (C=O) groups is 1. The van der Waals surface area contributed by atoms with Crippen LogP contribution in [0, 0.1) is 0 Å². The minimum Gasteiger partial charge on any atom is -0.444 e. The molecule has 1 fully saturated rings. The third-order valence-electron chi connectivity index (χ3n) is 3.65. The smallest absolute Gasteiger partial charge is 0.416 e.